The second-order valence-corrected chi connectivity index (χ2v) is 4.39. The van der Waals surface area contributed by atoms with Crippen LogP contribution in [0.1, 0.15) is 24.6 Å². The van der Waals surface area contributed by atoms with Gasteiger partial charge in [-0.25, -0.2) is 4.79 Å². The predicted octanol–water partition coefficient (Wildman–Crippen LogP) is 2.17. The number of urea groups is 1. The summed E-state index contributed by atoms with van der Waals surface area (Å²) >= 11 is 1.71. The number of carbonyl (C=O) groups excluding carboxylic acids is 1. The minimum absolute atomic E-state index is 0.161. The molecule has 2 N–H and O–H groups in total. The van der Waals surface area contributed by atoms with E-state index in [1.54, 1.807) is 18.3 Å². The smallest absolute Gasteiger partial charge is 0.315 e. The Kier molecular flexibility index (Phi) is 5.44. The van der Waals surface area contributed by atoms with E-state index in [1.165, 1.54) is 4.88 Å². The molecule has 0 unspecified atom stereocenters. The van der Waals surface area contributed by atoms with Crippen molar-refractivity contribution in [2.75, 3.05) is 13.1 Å². The minimum atomic E-state index is -0.161. The Labute approximate surface area is 100 Å². The molecule has 2 amide bonds. The van der Waals surface area contributed by atoms with Crippen LogP contribution in [0.5, 0.6) is 0 Å². The lowest BCUT2D eigenvalue weighted by Crippen LogP contribution is -2.37. The average Bonchev–Trinajstić information content (AvgIpc) is 2.79. The molecule has 0 saturated carbocycles. The summed E-state index contributed by atoms with van der Waals surface area (Å²) in [5, 5.41) is 7.53. The van der Waals surface area contributed by atoms with Crippen molar-refractivity contribution >= 4 is 17.4 Å². The molecule has 3 nitrogen and oxygen atoms in total. The maximum Gasteiger partial charge on any atom is 0.315 e. The van der Waals surface area contributed by atoms with Crippen molar-refractivity contribution in [2.24, 2.45) is 0 Å². The highest BCUT2D eigenvalue weighted by Gasteiger charge is 2.07. The SMILES string of the molecule is CC#CCNC(=O)NC[C@H](C)c1cccs1. The van der Waals surface area contributed by atoms with Crippen molar-refractivity contribution < 1.29 is 4.79 Å². The number of amides is 2. The van der Waals surface area contributed by atoms with E-state index in [1.807, 2.05) is 11.4 Å². The molecular formula is C12H16N2OS. The quantitative estimate of drug-likeness (QED) is 0.773. The van der Waals surface area contributed by atoms with E-state index in [9.17, 15) is 4.79 Å². The highest BCUT2D eigenvalue weighted by atomic mass is 32.1. The van der Waals surface area contributed by atoms with E-state index in [-0.39, 0.29) is 6.03 Å². The van der Waals surface area contributed by atoms with E-state index >= 15 is 0 Å². The van der Waals surface area contributed by atoms with Gasteiger partial charge in [-0.1, -0.05) is 18.9 Å². The molecule has 1 heterocycles. The van der Waals surface area contributed by atoms with Gasteiger partial charge in [0, 0.05) is 17.3 Å². The maximum absolute atomic E-state index is 11.3. The monoisotopic (exact) mass is 236 g/mol. The first-order valence-corrected chi connectivity index (χ1v) is 6.06. The van der Waals surface area contributed by atoms with Gasteiger partial charge in [0.15, 0.2) is 0 Å². The molecule has 0 saturated heterocycles. The maximum atomic E-state index is 11.3. The molecule has 0 radical (unpaired) electrons. The third-order valence-electron chi connectivity index (χ3n) is 2.11. The molecule has 0 aromatic carbocycles. The fourth-order valence-electron chi connectivity index (χ4n) is 1.19. The summed E-state index contributed by atoms with van der Waals surface area (Å²) in [6.07, 6.45) is 0. The second kappa shape index (κ2) is 6.91. The Morgan fingerprint density at radius 3 is 3.00 bits per heavy atom. The molecule has 1 aromatic heterocycles. The standard InChI is InChI=1S/C12H16N2OS/c1-3-4-7-13-12(15)14-9-10(2)11-6-5-8-16-11/h5-6,8,10H,7,9H2,1-2H3,(H2,13,14,15)/t10-/m0/s1. The van der Waals surface area contributed by atoms with Crippen LogP contribution in [0.15, 0.2) is 17.5 Å². The normalized spacial score (nSPS) is 11.1. The Morgan fingerprint density at radius 2 is 2.38 bits per heavy atom. The summed E-state index contributed by atoms with van der Waals surface area (Å²) < 4.78 is 0. The molecule has 1 rings (SSSR count). The highest BCUT2D eigenvalue weighted by Crippen LogP contribution is 2.19. The van der Waals surface area contributed by atoms with Gasteiger partial charge in [0.05, 0.1) is 6.54 Å². The van der Waals surface area contributed by atoms with Crippen molar-refractivity contribution in [3.05, 3.63) is 22.4 Å². The molecule has 1 aromatic rings. The zero-order valence-corrected chi connectivity index (χ0v) is 10.4. The fourth-order valence-corrected chi connectivity index (χ4v) is 1.98. The van der Waals surface area contributed by atoms with E-state index < -0.39 is 0 Å². The van der Waals surface area contributed by atoms with Crippen molar-refractivity contribution in [3.8, 4) is 11.8 Å². The second-order valence-electron chi connectivity index (χ2n) is 3.41. The van der Waals surface area contributed by atoms with Gasteiger partial charge in [0.2, 0.25) is 0 Å². The number of hydrogen-bond acceptors (Lipinski definition) is 2. The van der Waals surface area contributed by atoms with Crippen molar-refractivity contribution in [1.29, 1.82) is 0 Å². The molecule has 0 aliphatic carbocycles. The van der Waals surface area contributed by atoms with Gasteiger partial charge in [-0.15, -0.1) is 17.3 Å². The van der Waals surface area contributed by atoms with Gasteiger partial charge in [-0.05, 0) is 18.4 Å². The average molecular weight is 236 g/mol. The topological polar surface area (TPSA) is 41.1 Å². The van der Waals surface area contributed by atoms with Crippen LogP contribution in [0.4, 0.5) is 4.79 Å². The predicted molar refractivity (Wildman–Crippen MR) is 67.6 cm³/mol. The first kappa shape index (κ1) is 12.6. The lowest BCUT2D eigenvalue weighted by molar-refractivity contribution is 0.241. The molecule has 16 heavy (non-hydrogen) atoms. The molecule has 0 bridgehead atoms. The van der Waals surface area contributed by atoms with Crippen LogP contribution in [0.25, 0.3) is 0 Å². The van der Waals surface area contributed by atoms with Gasteiger partial charge in [-0.2, -0.15) is 0 Å². The number of nitrogens with one attached hydrogen (secondary N) is 2. The van der Waals surface area contributed by atoms with Crippen LogP contribution in [-0.2, 0) is 0 Å². The van der Waals surface area contributed by atoms with E-state index in [4.69, 9.17) is 0 Å². The zero-order valence-electron chi connectivity index (χ0n) is 9.54. The number of hydrogen-bond donors (Lipinski definition) is 2. The summed E-state index contributed by atoms with van der Waals surface area (Å²) in [4.78, 5) is 12.6. The Balaban J connectivity index is 2.23. The largest absolute Gasteiger partial charge is 0.338 e. The number of thiophene rings is 1. The summed E-state index contributed by atoms with van der Waals surface area (Å²) in [5.41, 5.74) is 0. The summed E-state index contributed by atoms with van der Waals surface area (Å²) in [6.45, 7) is 4.89. The van der Waals surface area contributed by atoms with Gasteiger partial charge in [0.25, 0.3) is 0 Å². The number of carbonyl (C=O) groups is 1. The zero-order chi connectivity index (χ0) is 11.8. The van der Waals surface area contributed by atoms with Crippen LogP contribution in [0.3, 0.4) is 0 Å². The Hall–Kier alpha value is -1.47. The summed E-state index contributed by atoms with van der Waals surface area (Å²) in [7, 11) is 0. The van der Waals surface area contributed by atoms with Crippen LogP contribution in [-0.4, -0.2) is 19.1 Å². The van der Waals surface area contributed by atoms with Crippen molar-refractivity contribution in [2.45, 2.75) is 19.8 Å². The van der Waals surface area contributed by atoms with E-state index in [2.05, 4.69) is 35.5 Å². The first-order valence-electron chi connectivity index (χ1n) is 5.18. The van der Waals surface area contributed by atoms with Crippen LogP contribution >= 0.6 is 11.3 Å². The molecule has 86 valence electrons. The molecule has 0 spiro atoms. The van der Waals surface area contributed by atoms with Gasteiger partial charge >= 0.3 is 6.03 Å². The third-order valence-corrected chi connectivity index (χ3v) is 3.22. The summed E-state index contributed by atoms with van der Waals surface area (Å²) in [5.74, 6) is 5.84. The van der Waals surface area contributed by atoms with Gasteiger partial charge < -0.3 is 10.6 Å². The molecule has 0 aliphatic heterocycles. The van der Waals surface area contributed by atoms with Crippen molar-refractivity contribution in [3.63, 3.8) is 0 Å². The van der Waals surface area contributed by atoms with E-state index in [0.717, 1.165) is 0 Å². The van der Waals surface area contributed by atoms with Crippen LogP contribution in [0.2, 0.25) is 0 Å². The third kappa shape index (κ3) is 4.37. The number of rotatable bonds is 4. The molecule has 1 atom stereocenters. The van der Waals surface area contributed by atoms with Crippen molar-refractivity contribution in [1.82, 2.24) is 10.6 Å². The fraction of sp³-hybridized carbons (Fsp3) is 0.417. The van der Waals surface area contributed by atoms with Crippen LogP contribution in [0, 0.1) is 11.8 Å². The molecule has 4 heteroatoms. The lowest BCUT2D eigenvalue weighted by atomic mass is 10.1. The first-order chi connectivity index (χ1) is 7.74. The van der Waals surface area contributed by atoms with Gasteiger partial charge in [-0.3, -0.25) is 0 Å². The molecule has 0 aliphatic rings. The molecule has 0 fully saturated rings. The highest BCUT2D eigenvalue weighted by molar-refractivity contribution is 7.10. The summed E-state index contributed by atoms with van der Waals surface area (Å²) in [6, 6.07) is 3.94. The van der Waals surface area contributed by atoms with E-state index in [0.29, 0.717) is 19.0 Å². The Bertz CT molecular complexity index is 375. The lowest BCUT2D eigenvalue weighted by Gasteiger charge is -2.10. The Morgan fingerprint density at radius 1 is 1.56 bits per heavy atom. The van der Waals surface area contributed by atoms with Crippen LogP contribution < -0.4 is 10.6 Å². The minimum Gasteiger partial charge on any atom is -0.338 e. The molecular weight excluding hydrogens is 220 g/mol. The van der Waals surface area contributed by atoms with Gasteiger partial charge in [0.1, 0.15) is 0 Å².